The molecule has 6 nitrogen and oxygen atoms in total. The van der Waals surface area contributed by atoms with Crippen LogP contribution in [0.5, 0.6) is 0 Å². The highest BCUT2D eigenvalue weighted by molar-refractivity contribution is 5.69. The average molecular weight is 340 g/mol. The van der Waals surface area contributed by atoms with Crippen molar-refractivity contribution in [2.45, 2.75) is 19.1 Å². The first-order valence-corrected chi connectivity index (χ1v) is 7.31. The second kappa shape index (κ2) is 6.16. The van der Waals surface area contributed by atoms with E-state index in [4.69, 9.17) is 10.6 Å². The van der Waals surface area contributed by atoms with Crippen LogP contribution >= 0.6 is 0 Å². The minimum absolute atomic E-state index is 0.0974. The van der Waals surface area contributed by atoms with Crippen LogP contribution in [-0.4, -0.2) is 33.8 Å². The summed E-state index contributed by atoms with van der Waals surface area (Å²) < 4.78 is 39.6. The van der Waals surface area contributed by atoms with E-state index in [2.05, 4.69) is 4.98 Å². The molecule has 0 radical (unpaired) electrons. The molecule has 1 aliphatic heterocycles. The zero-order chi connectivity index (χ0) is 17.3. The van der Waals surface area contributed by atoms with Crippen molar-refractivity contribution in [1.82, 2.24) is 14.6 Å². The standard InChI is InChI=1S/C15H15F3N4O2/c16-15(17,18)12-9-22(24-14(23)21-6-1-7-21)13(20-12)11-4-2-10(8-19)3-5-11/h2-5,9H,1,6-8,19H2. The number of carbonyl (C=O) groups is 1. The summed E-state index contributed by atoms with van der Waals surface area (Å²) in [6.45, 7) is 1.37. The summed E-state index contributed by atoms with van der Waals surface area (Å²) in [6, 6.07) is 6.52. The highest BCUT2D eigenvalue weighted by Gasteiger charge is 2.36. The van der Waals surface area contributed by atoms with Gasteiger partial charge in [0.2, 0.25) is 0 Å². The van der Waals surface area contributed by atoms with E-state index in [1.165, 1.54) is 4.90 Å². The molecular formula is C15H15F3N4O2. The number of benzene rings is 1. The van der Waals surface area contributed by atoms with E-state index < -0.39 is 18.0 Å². The Balaban J connectivity index is 1.95. The number of nitrogens with zero attached hydrogens (tertiary/aromatic N) is 3. The largest absolute Gasteiger partial charge is 0.435 e. The second-order valence-electron chi connectivity index (χ2n) is 5.37. The van der Waals surface area contributed by atoms with Gasteiger partial charge in [0.15, 0.2) is 11.5 Å². The summed E-state index contributed by atoms with van der Waals surface area (Å²) in [4.78, 5) is 21.9. The Kier molecular flexibility index (Phi) is 4.18. The fourth-order valence-corrected chi connectivity index (χ4v) is 2.19. The first-order chi connectivity index (χ1) is 11.4. The Labute approximate surface area is 135 Å². The van der Waals surface area contributed by atoms with E-state index in [9.17, 15) is 18.0 Å². The van der Waals surface area contributed by atoms with Gasteiger partial charge in [-0.25, -0.2) is 9.78 Å². The van der Waals surface area contributed by atoms with Crippen LogP contribution in [0.1, 0.15) is 17.7 Å². The van der Waals surface area contributed by atoms with E-state index >= 15 is 0 Å². The number of nitrogens with two attached hydrogens (primary N) is 1. The van der Waals surface area contributed by atoms with Gasteiger partial charge in [-0.05, 0) is 12.0 Å². The number of amides is 1. The molecule has 1 aromatic heterocycles. The Morgan fingerprint density at radius 2 is 1.92 bits per heavy atom. The maximum absolute atomic E-state index is 12.9. The van der Waals surface area contributed by atoms with Crippen molar-refractivity contribution in [3.05, 3.63) is 41.7 Å². The number of imidazole rings is 1. The molecule has 1 saturated heterocycles. The number of aromatic nitrogens is 2. The lowest BCUT2D eigenvalue weighted by molar-refractivity contribution is -0.141. The minimum Gasteiger partial charge on any atom is -0.326 e. The molecule has 0 spiro atoms. The SMILES string of the molecule is NCc1ccc(-c2nc(C(F)(F)F)cn2OC(=O)N2CCC2)cc1. The van der Waals surface area contributed by atoms with Gasteiger partial charge in [-0.2, -0.15) is 17.9 Å². The van der Waals surface area contributed by atoms with Gasteiger partial charge in [-0.15, -0.1) is 0 Å². The molecule has 0 atom stereocenters. The summed E-state index contributed by atoms with van der Waals surface area (Å²) in [7, 11) is 0. The van der Waals surface area contributed by atoms with Crippen LogP contribution in [0.3, 0.4) is 0 Å². The van der Waals surface area contributed by atoms with Crippen molar-refractivity contribution in [3.8, 4) is 11.4 Å². The topological polar surface area (TPSA) is 73.4 Å². The molecule has 3 rings (SSSR count). The zero-order valence-corrected chi connectivity index (χ0v) is 12.6. The number of hydrogen-bond donors (Lipinski definition) is 1. The fraction of sp³-hybridized carbons (Fsp3) is 0.333. The van der Waals surface area contributed by atoms with Gasteiger partial charge in [-0.3, -0.25) is 0 Å². The molecule has 1 aliphatic rings. The first-order valence-electron chi connectivity index (χ1n) is 7.31. The molecule has 0 unspecified atom stereocenters. The van der Waals surface area contributed by atoms with Crippen molar-refractivity contribution in [2.24, 2.45) is 5.73 Å². The van der Waals surface area contributed by atoms with Crippen molar-refractivity contribution < 1.29 is 22.8 Å². The van der Waals surface area contributed by atoms with E-state index in [1.54, 1.807) is 24.3 Å². The Morgan fingerprint density at radius 1 is 1.25 bits per heavy atom. The quantitative estimate of drug-likeness (QED) is 0.930. The van der Waals surface area contributed by atoms with Crippen molar-refractivity contribution in [3.63, 3.8) is 0 Å². The first kappa shape index (κ1) is 16.3. The number of carbonyl (C=O) groups excluding carboxylic acids is 1. The third-order valence-electron chi connectivity index (χ3n) is 3.70. The maximum Gasteiger partial charge on any atom is 0.435 e. The second-order valence-corrected chi connectivity index (χ2v) is 5.37. The van der Waals surface area contributed by atoms with E-state index in [1.807, 2.05) is 0 Å². The van der Waals surface area contributed by atoms with Crippen LogP contribution < -0.4 is 10.6 Å². The number of halogens is 3. The molecule has 0 bridgehead atoms. The van der Waals surface area contributed by atoms with Gasteiger partial charge in [-0.1, -0.05) is 24.3 Å². The van der Waals surface area contributed by atoms with Gasteiger partial charge < -0.3 is 15.5 Å². The maximum atomic E-state index is 12.9. The van der Waals surface area contributed by atoms with Gasteiger partial charge in [0.25, 0.3) is 0 Å². The third-order valence-corrected chi connectivity index (χ3v) is 3.70. The van der Waals surface area contributed by atoms with E-state index in [0.717, 1.165) is 16.7 Å². The van der Waals surface area contributed by atoms with Gasteiger partial charge in [0, 0.05) is 25.2 Å². The monoisotopic (exact) mass is 340 g/mol. The van der Waals surface area contributed by atoms with Crippen molar-refractivity contribution in [2.75, 3.05) is 13.1 Å². The molecule has 0 saturated carbocycles. The van der Waals surface area contributed by atoms with Crippen molar-refractivity contribution in [1.29, 1.82) is 0 Å². The van der Waals surface area contributed by atoms with Gasteiger partial charge in [0.1, 0.15) is 0 Å². The third kappa shape index (κ3) is 3.21. The van der Waals surface area contributed by atoms with Crippen molar-refractivity contribution >= 4 is 6.09 Å². The normalized spacial score (nSPS) is 14.4. The summed E-state index contributed by atoms with van der Waals surface area (Å²) in [5.74, 6) is -0.0974. The van der Waals surface area contributed by atoms with Crippen LogP contribution in [0.2, 0.25) is 0 Å². The molecule has 2 heterocycles. The molecule has 1 fully saturated rings. The average Bonchev–Trinajstić information content (AvgIpc) is 2.89. The summed E-state index contributed by atoms with van der Waals surface area (Å²) in [5.41, 5.74) is 5.59. The smallest absolute Gasteiger partial charge is 0.326 e. The molecule has 24 heavy (non-hydrogen) atoms. The molecule has 0 aliphatic carbocycles. The lowest BCUT2D eigenvalue weighted by Crippen LogP contribution is -2.45. The molecule has 2 N–H and O–H groups in total. The van der Waals surface area contributed by atoms with Gasteiger partial charge in [0.05, 0.1) is 6.20 Å². The van der Waals surface area contributed by atoms with Crippen LogP contribution in [0.25, 0.3) is 11.4 Å². The zero-order valence-electron chi connectivity index (χ0n) is 12.6. The Hall–Kier alpha value is -2.55. The predicted octanol–water partition coefficient (Wildman–Crippen LogP) is 2.28. The number of likely N-dealkylation sites (tertiary alicyclic amines) is 1. The lowest BCUT2D eigenvalue weighted by atomic mass is 10.1. The minimum atomic E-state index is -4.64. The molecule has 128 valence electrons. The molecular weight excluding hydrogens is 325 g/mol. The highest BCUT2D eigenvalue weighted by atomic mass is 19.4. The highest BCUT2D eigenvalue weighted by Crippen LogP contribution is 2.30. The molecule has 1 amide bonds. The molecule has 9 heteroatoms. The number of rotatable bonds is 3. The summed E-state index contributed by atoms with van der Waals surface area (Å²) >= 11 is 0. The number of hydrogen-bond acceptors (Lipinski definition) is 4. The molecule has 2 aromatic rings. The lowest BCUT2D eigenvalue weighted by Gasteiger charge is -2.29. The van der Waals surface area contributed by atoms with E-state index in [0.29, 0.717) is 31.4 Å². The summed E-state index contributed by atoms with van der Waals surface area (Å²) in [6.07, 6.45) is -3.82. The van der Waals surface area contributed by atoms with E-state index in [-0.39, 0.29) is 5.82 Å². The Morgan fingerprint density at radius 3 is 2.42 bits per heavy atom. The van der Waals surface area contributed by atoms with Gasteiger partial charge >= 0.3 is 12.3 Å². The summed E-state index contributed by atoms with van der Waals surface area (Å²) in [5, 5.41) is 0. The number of alkyl halides is 3. The van der Waals surface area contributed by atoms with Crippen LogP contribution in [0.4, 0.5) is 18.0 Å². The fourth-order valence-electron chi connectivity index (χ4n) is 2.19. The molecule has 1 aromatic carbocycles. The van der Waals surface area contributed by atoms with Crippen LogP contribution in [0.15, 0.2) is 30.5 Å². The predicted molar refractivity (Wildman–Crippen MR) is 78.7 cm³/mol. The van der Waals surface area contributed by atoms with Crippen LogP contribution in [0, 0.1) is 0 Å². The van der Waals surface area contributed by atoms with Crippen LogP contribution in [-0.2, 0) is 12.7 Å². The Bertz CT molecular complexity index is 736.